The summed E-state index contributed by atoms with van der Waals surface area (Å²) >= 11 is 0. The van der Waals surface area contributed by atoms with Crippen molar-refractivity contribution < 1.29 is 10.2 Å². The number of phenols is 2. The van der Waals surface area contributed by atoms with E-state index < -0.39 is 0 Å². The highest BCUT2D eigenvalue weighted by atomic mass is 16.3. The van der Waals surface area contributed by atoms with Crippen molar-refractivity contribution in [1.29, 1.82) is 5.26 Å². The summed E-state index contributed by atoms with van der Waals surface area (Å²) in [6.07, 6.45) is 0. The molecule has 0 fully saturated rings. The first kappa shape index (κ1) is 6.43. The van der Waals surface area contributed by atoms with Gasteiger partial charge in [0.05, 0.1) is 5.56 Å². The molecule has 2 N–H and O–H groups in total. The molecule has 0 unspecified atom stereocenters. The Morgan fingerprint density at radius 3 is 2.50 bits per heavy atom. The number of nitriles is 1. The zero-order valence-electron chi connectivity index (χ0n) is 5.07. The number of benzene rings is 1. The van der Waals surface area contributed by atoms with Gasteiger partial charge in [0.1, 0.15) is 17.6 Å². The smallest absolute Gasteiger partial charge is 0.137 e. The van der Waals surface area contributed by atoms with E-state index in [-0.39, 0.29) is 17.1 Å². The topological polar surface area (TPSA) is 64.2 Å². The number of hydrogen-bond donors (Lipinski definition) is 2. The second-order valence-corrected chi connectivity index (χ2v) is 1.81. The molecule has 0 bridgehead atoms. The van der Waals surface area contributed by atoms with Gasteiger partial charge in [-0.2, -0.15) is 5.26 Å². The monoisotopic (exact) mass is 135 g/mol. The van der Waals surface area contributed by atoms with Gasteiger partial charge in [-0.05, 0) is 12.1 Å². The van der Waals surface area contributed by atoms with E-state index in [1.165, 1.54) is 12.1 Å². The maximum atomic E-state index is 8.91. The Hall–Kier alpha value is -1.69. The van der Waals surface area contributed by atoms with Gasteiger partial charge in [-0.15, -0.1) is 0 Å². The molecule has 0 aliphatic rings. The van der Waals surface area contributed by atoms with E-state index in [4.69, 9.17) is 15.5 Å². The Balaban J connectivity index is 3.23. The average molecular weight is 135 g/mol. The van der Waals surface area contributed by atoms with Gasteiger partial charge in [0.2, 0.25) is 0 Å². The van der Waals surface area contributed by atoms with Crippen LogP contribution in [0.4, 0.5) is 0 Å². The molecular weight excluding hydrogens is 130 g/mol. The summed E-state index contributed by atoms with van der Waals surface area (Å²) in [5, 5.41) is 26.0. The van der Waals surface area contributed by atoms with E-state index >= 15 is 0 Å². The minimum atomic E-state index is -0.192. The molecule has 0 aromatic heterocycles. The summed E-state index contributed by atoms with van der Waals surface area (Å²) in [6.45, 7) is 0. The summed E-state index contributed by atoms with van der Waals surface area (Å²) in [7, 11) is 0. The molecule has 0 aliphatic carbocycles. The van der Waals surface area contributed by atoms with Crippen molar-refractivity contribution in [1.82, 2.24) is 0 Å². The van der Waals surface area contributed by atoms with E-state index in [0.29, 0.717) is 0 Å². The molecule has 0 saturated heterocycles. The Morgan fingerprint density at radius 2 is 2.00 bits per heavy atom. The second-order valence-electron chi connectivity index (χ2n) is 1.81. The van der Waals surface area contributed by atoms with Crippen LogP contribution < -0.4 is 0 Å². The highest BCUT2D eigenvalue weighted by molar-refractivity contribution is 5.45. The van der Waals surface area contributed by atoms with Crippen molar-refractivity contribution in [2.24, 2.45) is 0 Å². The Labute approximate surface area is 57.8 Å². The first-order chi connectivity index (χ1) is 4.74. The quantitative estimate of drug-likeness (QED) is 0.557. The summed E-state index contributed by atoms with van der Waals surface area (Å²) in [5.41, 5.74) is 0.165. The van der Waals surface area contributed by atoms with Crippen molar-refractivity contribution in [3.8, 4) is 17.6 Å². The third-order valence-corrected chi connectivity index (χ3v) is 1.10. The molecule has 3 nitrogen and oxygen atoms in total. The van der Waals surface area contributed by atoms with Crippen LogP contribution in [0.5, 0.6) is 11.5 Å². The van der Waals surface area contributed by atoms with Crippen LogP contribution in [-0.2, 0) is 0 Å². The van der Waals surface area contributed by atoms with E-state index in [0.717, 1.165) is 6.07 Å². The predicted molar refractivity (Wildman–Crippen MR) is 34.5 cm³/mol. The Bertz CT molecular complexity index is 288. The fraction of sp³-hybridized carbons (Fsp3) is 0. The van der Waals surface area contributed by atoms with Crippen molar-refractivity contribution in [2.45, 2.75) is 0 Å². The maximum Gasteiger partial charge on any atom is 0.137 e. The first-order valence-corrected chi connectivity index (χ1v) is 2.66. The molecule has 50 valence electrons. The lowest BCUT2D eigenvalue weighted by Crippen LogP contribution is -1.73. The lowest BCUT2D eigenvalue weighted by Gasteiger charge is -1.94. The van der Waals surface area contributed by atoms with E-state index in [1.54, 1.807) is 6.07 Å². The van der Waals surface area contributed by atoms with Crippen LogP contribution in [0, 0.1) is 11.3 Å². The second kappa shape index (κ2) is 2.28. The fourth-order valence-corrected chi connectivity index (χ4v) is 0.615. The van der Waals surface area contributed by atoms with Crippen LogP contribution in [0.2, 0.25) is 0 Å². The molecule has 0 spiro atoms. The summed E-state index contributed by atoms with van der Waals surface area (Å²) < 4.78 is 0. The van der Waals surface area contributed by atoms with Crippen LogP contribution >= 0.6 is 0 Å². The standard InChI is InChI=1S/C7H5NO2/c8-4-5-1-2-6(9)3-7(5)10/h1-3,9-10H. The molecule has 0 atom stereocenters. The molecule has 3 heteroatoms. The van der Waals surface area contributed by atoms with Crippen molar-refractivity contribution in [2.75, 3.05) is 0 Å². The zero-order valence-corrected chi connectivity index (χ0v) is 5.07. The third-order valence-electron chi connectivity index (χ3n) is 1.10. The molecule has 0 radical (unpaired) electrons. The summed E-state index contributed by atoms with van der Waals surface area (Å²) in [6, 6.07) is 5.58. The number of hydrogen-bond acceptors (Lipinski definition) is 3. The van der Waals surface area contributed by atoms with Gasteiger partial charge < -0.3 is 10.2 Å². The fourth-order valence-electron chi connectivity index (χ4n) is 0.615. The van der Waals surface area contributed by atoms with Crippen LogP contribution in [0.25, 0.3) is 0 Å². The largest absolute Gasteiger partial charge is 0.508 e. The minimum Gasteiger partial charge on any atom is -0.508 e. The average Bonchev–Trinajstić information content (AvgIpc) is 1.88. The maximum absolute atomic E-state index is 8.91. The van der Waals surface area contributed by atoms with Crippen LogP contribution in [0.1, 0.15) is 5.56 Å². The number of aromatic hydroxyl groups is 2. The van der Waals surface area contributed by atoms with Gasteiger partial charge in [0.15, 0.2) is 0 Å². The predicted octanol–water partition coefficient (Wildman–Crippen LogP) is 0.969. The SMILES string of the molecule is N#Cc1ccc(O)cc1O. The van der Waals surface area contributed by atoms with Crippen molar-refractivity contribution in [3.63, 3.8) is 0 Å². The Kier molecular flexibility index (Phi) is 1.46. The molecule has 0 aliphatic heterocycles. The molecule has 0 heterocycles. The van der Waals surface area contributed by atoms with Crippen LogP contribution in [0.3, 0.4) is 0 Å². The van der Waals surface area contributed by atoms with Gasteiger partial charge in [-0.1, -0.05) is 0 Å². The summed E-state index contributed by atoms with van der Waals surface area (Å²) in [5.74, 6) is -0.237. The number of nitrogens with zero attached hydrogens (tertiary/aromatic N) is 1. The normalized spacial score (nSPS) is 8.70. The van der Waals surface area contributed by atoms with E-state index in [1.807, 2.05) is 0 Å². The van der Waals surface area contributed by atoms with Crippen LogP contribution in [0.15, 0.2) is 18.2 Å². The van der Waals surface area contributed by atoms with E-state index in [2.05, 4.69) is 0 Å². The zero-order chi connectivity index (χ0) is 7.56. The lowest BCUT2D eigenvalue weighted by molar-refractivity contribution is 0.449. The molecule has 1 aromatic carbocycles. The molecule has 1 rings (SSSR count). The number of rotatable bonds is 0. The lowest BCUT2D eigenvalue weighted by atomic mass is 10.2. The molecule has 0 amide bonds. The first-order valence-electron chi connectivity index (χ1n) is 2.66. The summed E-state index contributed by atoms with van der Waals surface area (Å²) in [4.78, 5) is 0. The van der Waals surface area contributed by atoms with Gasteiger partial charge >= 0.3 is 0 Å². The van der Waals surface area contributed by atoms with Gasteiger partial charge in [-0.3, -0.25) is 0 Å². The Morgan fingerprint density at radius 1 is 1.30 bits per heavy atom. The van der Waals surface area contributed by atoms with Crippen molar-refractivity contribution in [3.05, 3.63) is 23.8 Å². The molecule has 0 saturated carbocycles. The highest BCUT2D eigenvalue weighted by Gasteiger charge is 1.98. The molecule has 10 heavy (non-hydrogen) atoms. The molecule has 1 aromatic rings. The van der Waals surface area contributed by atoms with Crippen LogP contribution in [-0.4, -0.2) is 10.2 Å². The van der Waals surface area contributed by atoms with E-state index in [9.17, 15) is 0 Å². The number of phenolic OH excluding ortho intramolecular Hbond substituents is 2. The van der Waals surface area contributed by atoms with Gasteiger partial charge in [0.25, 0.3) is 0 Å². The minimum absolute atomic E-state index is 0.0449. The van der Waals surface area contributed by atoms with Gasteiger partial charge in [-0.25, -0.2) is 0 Å². The van der Waals surface area contributed by atoms with Crippen molar-refractivity contribution >= 4 is 0 Å². The highest BCUT2D eigenvalue weighted by Crippen LogP contribution is 2.20. The molecular formula is C7H5NO2. The third kappa shape index (κ3) is 1.00. The van der Waals surface area contributed by atoms with Gasteiger partial charge in [0, 0.05) is 6.07 Å².